The summed E-state index contributed by atoms with van der Waals surface area (Å²) in [5, 5.41) is 0.496. The largest absolute Gasteiger partial charge is 0.305 e. The Bertz CT molecular complexity index is 338. The summed E-state index contributed by atoms with van der Waals surface area (Å²) >= 11 is 0. The van der Waals surface area contributed by atoms with Gasteiger partial charge in [0.1, 0.15) is 13.5 Å². The highest BCUT2D eigenvalue weighted by Gasteiger charge is 2.25. The quantitative estimate of drug-likeness (QED) is 0.710. The maximum Gasteiger partial charge on any atom is 0.123 e. The molecule has 1 nitrogen and oxygen atoms in total. The lowest BCUT2D eigenvalue weighted by molar-refractivity contribution is -0.113. The summed E-state index contributed by atoms with van der Waals surface area (Å²) in [5.41, 5.74) is 1.33. The number of carbonyl (C=O) groups is 1. The van der Waals surface area contributed by atoms with Gasteiger partial charge in [-0.15, -0.1) is 0 Å². The van der Waals surface area contributed by atoms with Gasteiger partial charge in [0, 0.05) is 6.42 Å². The summed E-state index contributed by atoms with van der Waals surface area (Å²) in [4.78, 5) is 11.9. The molecule has 0 bridgehead atoms. The van der Waals surface area contributed by atoms with Gasteiger partial charge in [-0.3, -0.25) is 0 Å². The molecule has 2 heteroatoms. The molecule has 1 unspecified atom stereocenters. The van der Waals surface area contributed by atoms with Crippen LogP contribution in [0.4, 0.5) is 0 Å². The van der Waals surface area contributed by atoms with Gasteiger partial charge in [-0.1, -0.05) is 56.9 Å². The number of benzene rings is 1. The Balaban J connectivity index is 2.49. The lowest BCUT2D eigenvalue weighted by Gasteiger charge is -2.17. The van der Waals surface area contributed by atoms with Crippen molar-refractivity contribution in [3.63, 3.8) is 0 Å². The Hall–Kier alpha value is -0.893. The standard InChI is InChI=1S/C14H22OSi/c1-12(11-14(15)16(2,3)4)10-13-8-6-5-7-9-13/h5-9,12H,10-11H2,1-4H3. The Kier molecular flexibility index (Phi) is 4.48. The summed E-state index contributed by atoms with van der Waals surface area (Å²) in [6.07, 6.45) is 1.75. The van der Waals surface area contributed by atoms with E-state index in [2.05, 4.69) is 50.8 Å². The Labute approximate surface area is 99.9 Å². The van der Waals surface area contributed by atoms with Crippen LogP contribution in [0.15, 0.2) is 30.3 Å². The summed E-state index contributed by atoms with van der Waals surface area (Å²) in [7, 11) is -1.58. The topological polar surface area (TPSA) is 17.1 Å². The highest BCUT2D eigenvalue weighted by atomic mass is 28.3. The minimum atomic E-state index is -1.58. The molecule has 0 aliphatic heterocycles. The van der Waals surface area contributed by atoms with E-state index in [0.717, 1.165) is 12.8 Å². The molecule has 0 saturated carbocycles. The molecule has 1 atom stereocenters. The van der Waals surface area contributed by atoms with Gasteiger partial charge in [0.25, 0.3) is 0 Å². The third kappa shape index (κ3) is 4.31. The smallest absolute Gasteiger partial charge is 0.123 e. The van der Waals surface area contributed by atoms with E-state index in [4.69, 9.17) is 0 Å². The Morgan fingerprint density at radius 1 is 1.19 bits per heavy atom. The molecule has 0 amide bonds. The molecule has 1 rings (SSSR count). The van der Waals surface area contributed by atoms with Crippen molar-refractivity contribution in [2.75, 3.05) is 0 Å². The number of hydrogen-bond acceptors (Lipinski definition) is 1. The molecule has 16 heavy (non-hydrogen) atoms. The fourth-order valence-electron chi connectivity index (χ4n) is 1.71. The average molecular weight is 234 g/mol. The molecule has 0 spiro atoms. The maximum absolute atomic E-state index is 11.9. The summed E-state index contributed by atoms with van der Waals surface area (Å²) in [6.45, 7) is 8.56. The lowest BCUT2D eigenvalue weighted by Crippen LogP contribution is -2.34. The van der Waals surface area contributed by atoms with E-state index >= 15 is 0 Å². The van der Waals surface area contributed by atoms with Gasteiger partial charge in [-0.05, 0) is 17.9 Å². The third-order valence-corrected chi connectivity index (χ3v) is 4.67. The molecule has 0 heterocycles. The van der Waals surface area contributed by atoms with Crippen LogP contribution in [0.5, 0.6) is 0 Å². The van der Waals surface area contributed by atoms with E-state index in [1.54, 1.807) is 0 Å². The van der Waals surface area contributed by atoms with Gasteiger partial charge in [-0.2, -0.15) is 0 Å². The minimum Gasteiger partial charge on any atom is -0.305 e. The molecule has 0 aromatic heterocycles. The van der Waals surface area contributed by atoms with Crippen molar-refractivity contribution in [2.24, 2.45) is 5.92 Å². The second-order valence-electron chi connectivity index (χ2n) is 5.67. The van der Waals surface area contributed by atoms with Crippen molar-refractivity contribution in [2.45, 2.75) is 39.4 Å². The molecule has 1 aromatic rings. The maximum atomic E-state index is 11.9. The molecular formula is C14H22OSi. The summed E-state index contributed by atoms with van der Waals surface area (Å²) < 4.78 is 0. The first-order valence-corrected chi connectivity index (χ1v) is 9.47. The van der Waals surface area contributed by atoms with Crippen LogP contribution < -0.4 is 0 Å². The lowest BCUT2D eigenvalue weighted by atomic mass is 9.99. The highest BCUT2D eigenvalue weighted by Crippen LogP contribution is 2.15. The molecule has 0 N–H and O–H groups in total. The number of rotatable bonds is 5. The molecule has 0 radical (unpaired) electrons. The Morgan fingerprint density at radius 3 is 2.25 bits per heavy atom. The fourth-order valence-corrected chi connectivity index (χ4v) is 2.67. The summed E-state index contributed by atoms with van der Waals surface area (Å²) in [6, 6.07) is 10.4. The van der Waals surface area contributed by atoms with Gasteiger partial charge in [0.2, 0.25) is 0 Å². The van der Waals surface area contributed by atoms with E-state index in [-0.39, 0.29) is 0 Å². The van der Waals surface area contributed by atoms with Crippen molar-refractivity contribution < 1.29 is 4.79 Å². The van der Waals surface area contributed by atoms with Crippen molar-refractivity contribution in [1.29, 1.82) is 0 Å². The molecule has 0 aliphatic carbocycles. The SMILES string of the molecule is CC(CC(=O)[Si](C)(C)C)Cc1ccccc1. The zero-order chi connectivity index (χ0) is 12.2. The third-order valence-electron chi connectivity index (χ3n) is 2.80. The number of carbonyl (C=O) groups excluding carboxylic acids is 1. The van der Waals surface area contributed by atoms with Crippen LogP contribution in [0.1, 0.15) is 18.9 Å². The van der Waals surface area contributed by atoms with Crippen LogP contribution in [-0.4, -0.2) is 13.5 Å². The van der Waals surface area contributed by atoms with Crippen LogP contribution in [0.3, 0.4) is 0 Å². The van der Waals surface area contributed by atoms with E-state index < -0.39 is 8.07 Å². The van der Waals surface area contributed by atoms with E-state index in [1.807, 2.05) is 6.07 Å². The second-order valence-corrected chi connectivity index (χ2v) is 10.7. The first-order valence-electron chi connectivity index (χ1n) is 5.97. The van der Waals surface area contributed by atoms with E-state index in [0.29, 0.717) is 11.3 Å². The van der Waals surface area contributed by atoms with Crippen LogP contribution in [0.2, 0.25) is 19.6 Å². The van der Waals surface area contributed by atoms with Gasteiger partial charge < -0.3 is 4.79 Å². The first-order chi connectivity index (χ1) is 7.39. The molecular weight excluding hydrogens is 212 g/mol. The van der Waals surface area contributed by atoms with Gasteiger partial charge in [-0.25, -0.2) is 0 Å². The van der Waals surface area contributed by atoms with Crippen molar-refractivity contribution in [3.8, 4) is 0 Å². The van der Waals surface area contributed by atoms with Crippen LogP contribution in [0, 0.1) is 5.92 Å². The predicted molar refractivity (Wildman–Crippen MR) is 72.3 cm³/mol. The normalized spacial score (nSPS) is 13.5. The van der Waals surface area contributed by atoms with Crippen LogP contribution >= 0.6 is 0 Å². The van der Waals surface area contributed by atoms with Crippen molar-refractivity contribution in [3.05, 3.63) is 35.9 Å². The zero-order valence-electron chi connectivity index (χ0n) is 10.8. The zero-order valence-corrected chi connectivity index (χ0v) is 11.8. The van der Waals surface area contributed by atoms with E-state index in [1.165, 1.54) is 5.56 Å². The predicted octanol–water partition coefficient (Wildman–Crippen LogP) is 3.70. The molecule has 1 aromatic carbocycles. The van der Waals surface area contributed by atoms with Crippen LogP contribution in [0.25, 0.3) is 0 Å². The minimum absolute atomic E-state index is 0.460. The Morgan fingerprint density at radius 2 is 1.75 bits per heavy atom. The van der Waals surface area contributed by atoms with E-state index in [9.17, 15) is 4.79 Å². The van der Waals surface area contributed by atoms with Crippen molar-refractivity contribution >= 4 is 13.5 Å². The molecule has 0 fully saturated rings. The number of hydrogen-bond donors (Lipinski definition) is 0. The van der Waals surface area contributed by atoms with Gasteiger partial charge in [0.15, 0.2) is 0 Å². The van der Waals surface area contributed by atoms with Gasteiger partial charge in [0.05, 0.1) is 0 Å². The molecule has 88 valence electrons. The van der Waals surface area contributed by atoms with Crippen molar-refractivity contribution in [1.82, 2.24) is 0 Å². The van der Waals surface area contributed by atoms with Gasteiger partial charge >= 0.3 is 0 Å². The average Bonchev–Trinajstić information content (AvgIpc) is 2.17. The molecule has 0 aliphatic rings. The first kappa shape index (κ1) is 13.2. The van der Waals surface area contributed by atoms with Crippen LogP contribution in [-0.2, 0) is 11.2 Å². The molecule has 0 saturated heterocycles. The summed E-state index contributed by atoms with van der Waals surface area (Å²) in [5.74, 6) is 0.460. The second kappa shape index (κ2) is 5.44. The fraction of sp³-hybridized carbons (Fsp3) is 0.500. The highest BCUT2D eigenvalue weighted by molar-refractivity contribution is 7.03. The monoisotopic (exact) mass is 234 g/mol.